The first-order valence-electron chi connectivity index (χ1n) is 12.4. The van der Waals surface area contributed by atoms with Crippen LogP contribution in [0.15, 0.2) is 54.9 Å². The lowest BCUT2D eigenvalue weighted by atomic mass is 9.47. The number of hydrogen-bond acceptors (Lipinski definition) is 8. The highest BCUT2D eigenvalue weighted by Crippen LogP contribution is 2.67. The van der Waals surface area contributed by atoms with Crippen LogP contribution in [-0.2, 0) is 14.2 Å². The molecule has 7 atom stereocenters. The van der Waals surface area contributed by atoms with E-state index in [0.29, 0.717) is 18.4 Å². The highest BCUT2D eigenvalue weighted by Gasteiger charge is 2.81. The molecular weight excluding hydrogens is 462 g/mol. The quantitative estimate of drug-likeness (QED) is 0.621. The predicted molar refractivity (Wildman–Crippen MR) is 129 cm³/mol. The van der Waals surface area contributed by atoms with E-state index in [9.17, 15) is 19.8 Å². The molecule has 2 heterocycles. The van der Waals surface area contributed by atoms with Crippen LogP contribution in [0.4, 0.5) is 0 Å². The first-order valence-corrected chi connectivity index (χ1v) is 12.4. The topological polar surface area (TPSA) is 115 Å². The van der Waals surface area contributed by atoms with Crippen LogP contribution >= 0.6 is 0 Å². The van der Waals surface area contributed by atoms with Crippen LogP contribution < -0.4 is 0 Å². The maximum Gasteiger partial charge on any atom is 0.339 e. The Morgan fingerprint density at radius 1 is 0.972 bits per heavy atom. The van der Waals surface area contributed by atoms with E-state index < -0.39 is 58.4 Å². The molecule has 192 valence electrons. The van der Waals surface area contributed by atoms with Crippen molar-refractivity contribution in [1.82, 2.24) is 4.98 Å². The summed E-state index contributed by atoms with van der Waals surface area (Å²) in [6, 6.07) is 11.9. The van der Waals surface area contributed by atoms with Gasteiger partial charge in [0.25, 0.3) is 0 Å². The summed E-state index contributed by atoms with van der Waals surface area (Å²) in [7, 11) is 0. The number of esters is 2. The number of nitrogens with zero attached hydrogens (tertiary/aromatic N) is 1. The number of carbonyl (C=O) groups is 2. The molecule has 1 saturated heterocycles. The van der Waals surface area contributed by atoms with Crippen molar-refractivity contribution in [3.63, 3.8) is 0 Å². The lowest BCUT2D eigenvalue weighted by Crippen LogP contribution is -2.78. The number of pyridine rings is 1. The third-order valence-corrected chi connectivity index (χ3v) is 8.82. The summed E-state index contributed by atoms with van der Waals surface area (Å²) < 4.78 is 18.8. The normalized spacial score (nSPS) is 38.6. The van der Waals surface area contributed by atoms with Crippen LogP contribution in [0.2, 0.25) is 0 Å². The molecule has 3 fully saturated rings. The second kappa shape index (κ2) is 8.36. The molecule has 5 rings (SSSR count). The molecule has 8 nitrogen and oxygen atoms in total. The lowest BCUT2D eigenvalue weighted by Gasteiger charge is -2.63. The highest BCUT2D eigenvalue weighted by molar-refractivity contribution is 5.90. The standard InChI is InChI=1S/C28H33NO7/c1-25(2)19-15-21(35-23(31)17-9-6-5-7-10-17)27(4)20(34-24(32)18-11-8-14-29-16-18)12-13-26(3,33)28(27,36-25)22(19)30/h5-11,14,16,19-22,30,33H,12-13,15H2,1-4H3/t19-,20+,21+,22+,26+,27+,28+/m1/s1. The fraction of sp³-hybridized carbons (Fsp3) is 0.536. The second-order valence-electron chi connectivity index (χ2n) is 11.2. The van der Waals surface area contributed by atoms with E-state index >= 15 is 0 Å². The Morgan fingerprint density at radius 3 is 2.28 bits per heavy atom. The summed E-state index contributed by atoms with van der Waals surface area (Å²) in [5.41, 5.74) is -4.39. The van der Waals surface area contributed by atoms with Crippen LogP contribution in [0.25, 0.3) is 0 Å². The Bertz CT molecular complexity index is 1150. The molecule has 0 radical (unpaired) electrons. The molecule has 1 aliphatic heterocycles. The zero-order valence-electron chi connectivity index (χ0n) is 21.0. The maximum absolute atomic E-state index is 13.2. The fourth-order valence-electron chi connectivity index (χ4n) is 6.93. The molecule has 36 heavy (non-hydrogen) atoms. The number of ether oxygens (including phenoxy) is 3. The van der Waals surface area contributed by atoms with E-state index in [1.165, 1.54) is 6.20 Å². The zero-order chi connectivity index (χ0) is 25.9. The molecule has 2 bridgehead atoms. The summed E-state index contributed by atoms with van der Waals surface area (Å²) in [6.45, 7) is 7.19. The van der Waals surface area contributed by atoms with Crippen LogP contribution in [-0.4, -0.2) is 62.3 Å². The number of aliphatic hydroxyl groups is 2. The van der Waals surface area contributed by atoms with Gasteiger partial charge in [0.15, 0.2) is 0 Å². The molecule has 1 aromatic heterocycles. The number of aliphatic hydroxyl groups excluding tert-OH is 1. The molecule has 0 amide bonds. The number of aromatic nitrogens is 1. The van der Waals surface area contributed by atoms with Gasteiger partial charge in [-0.3, -0.25) is 4.98 Å². The Kier molecular flexibility index (Phi) is 5.78. The summed E-state index contributed by atoms with van der Waals surface area (Å²) >= 11 is 0. The minimum atomic E-state index is -1.54. The molecule has 2 aliphatic carbocycles. The van der Waals surface area contributed by atoms with Crippen molar-refractivity contribution in [2.45, 2.75) is 82.1 Å². The van der Waals surface area contributed by atoms with Gasteiger partial charge in [-0.05, 0) is 71.2 Å². The number of hydrogen-bond donors (Lipinski definition) is 2. The van der Waals surface area contributed by atoms with Gasteiger partial charge in [0.05, 0.1) is 33.8 Å². The molecule has 8 heteroatoms. The van der Waals surface area contributed by atoms with E-state index in [1.54, 1.807) is 56.4 Å². The monoisotopic (exact) mass is 495 g/mol. The maximum atomic E-state index is 13.2. The fourth-order valence-corrected chi connectivity index (χ4v) is 6.93. The number of benzene rings is 1. The van der Waals surface area contributed by atoms with E-state index in [0.717, 1.165) is 0 Å². The van der Waals surface area contributed by atoms with Crippen molar-refractivity contribution in [3.8, 4) is 0 Å². The van der Waals surface area contributed by atoms with E-state index in [4.69, 9.17) is 14.2 Å². The third-order valence-electron chi connectivity index (χ3n) is 8.82. The van der Waals surface area contributed by atoms with Gasteiger partial charge < -0.3 is 24.4 Å². The molecule has 1 spiro atoms. The van der Waals surface area contributed by atoms with Gasteiger partial charge in [0.1, 0.15) is 17.8 Å². The van der Waals surface area contributed by atoms with E-state index in [-0.39, 0.29) is 12.0 Å². The highest BCUT2D eigenvalue weighted by atomic mass is 16.6. The van der Waals surface area contributed by atoms with Crippen molar-refractivity contribution < 1.29 is 34.0 Å². The lowest BCUT2D eigenvalue weighted by molar-refractivity contribution is -0.325. The number of rotatable bonds is 4. The molecule has 0 unspecified atom stereocenters. The SMILES string of the molecule is CC1(C)O[C@]23[C@@H](O)[C@H]1C[C@H](OC(=O)c1ccccc1)[C@]2(C)[C@@H](OC(=O)c1cccnc1)CC[C@]3(C)O. The Balaban J connectivity index is 1.59. The minimum Gasteiger partial charge on any atom is -0.458 e. The molecule has 1 aromatic carbocycles. The van der Waals surface area contributed by atoms with Gasteiger partial charge >= 0.3 is 11.9 Å². The van der Waals surface area contributed by atoms with E-state index in [1.807, 2.05) is 19.9 Å². The Hall–Kier alpha value is -2.81. The third kappa shape index (κ3) is 3.42. The average molecular weight is 496 g/mol. The Labute approximate surface area is 210 Å². The summed E-state index contributed by atoms with van der Waals surface area (Å²) in [5.74, 6) is -1.50. The first kappa shape index (κ1) is 24.9. The van der Waals surface area contributed by atoms with Gasteiger partial charge in [-0.1, -0.05) is 18.2 Å². The van der Waals surface area contributed by atoms with E-state index in [2.05, 4.69) is 4.98 Å². The van der Waals surface area contributed by atoms with Crippen molar-refractivity contribution in [2.24, 2.45) is 11.3 Å². The second-order valence-corrected chi connectivity index (χ2v) is 11.2. The number of carbonyl (C=O) groups excluding carboxylic acids is 2. The molecule has 2 aromatic rings. The van der Waals surface area contributed by atoms with Gasteiger partial charge in [0, 0.05) is 18.3 Å². The zero-order valence-corrected chi connectivity index (χ0v) is 21.0. The van der Waals surface area contributed by atoms with Crippen LogP contribution in [0, 0.1) is 11.3 Å². The van der Waals surface area contributed by atoms with Crippen molar-refractivity contribution in [2.75, 3.05) is 0 Å². The predicted octanol–water partition coefficient (Wildman–Crippen LogP) is 3.31. The van der Waals surface area contributed by atoms with Gasteiger partial charge in [-0.25, -0.2) is 9.59 Å². The summed E-state index contributed by atoms with van der Waals surface area (Å²) in [4.78, 5) is 30.3. The molecule has 2 N–H and O–H groups in total. The van der Waals surface area contributed by atoms with Crippen LogP contribution in [0.5, 0.6) is 0 Å². The largest absolute Gasteiger partial charge is 0.458 e. The summed E-state index contributed by atoms with van der Waals surface area (Å²) in [6.07, 6.45) is 1.16. The van der Waals surface area contributed by atoms with Gasteiger partial charge in [0.2, 0.25) is 0 Å². The molecular formula is C28H33NO7. The van der Waals surface area contributed by atoms with Crippen LogP contribution in [0.3, 0.4) is 0 Å². The minimum absolute atomic E-state index is 0.229. The molecule has 2 saturated carbocycles. The van der Waals surface area contributed by atoms with Crippen molar-refractivity contribution in [1.29, 1.82) is 0 Å². The number of fused-ring (bicyclic) bond motifs is 1. The summed E-state index contributed by atoms with van der Waals surface area (Å²) in [5, 5.41) is 23.5. The van der Waals surface area contributed by atoms with Crippen LogP contribution in [0.1, 0.15) is 67.7 Å². The Morgan fingerprint density at radius 2 is 1.61 bits per heavy atom. The smallest absolute Gasteiger partial charge is 0.339 e. The van der Waals surface area contributed by atoms with Crippen molar-refractivity contribution in [3.05, 3.63) is 66.0 Å². The molecule has 3 aliphatic rings. The average Bonchev–Trinajstić information content (AvgIpc) is 3.01. The first-order chi connectivity index (χ1) is 16.9. The van der Waals surface area contributed by atoms with Crippen molar-refractivity contribution >= 4 is 11.9 Å². The van der Waals surface area contributed by atoms with Gasteiger partial charge in [-0.2, -0.15) is 0 Å². The van der Waals surface area contributed by atoms with Gasteiger partial charge in [-0.15, -0.1) is 0 Å².